The molecule has 0 saturated heterocycles. The predicted octanol–water partition coefficient (Wildman–Crippen LogP) is 4.28. The Kier molecular flexibility index (Phi) is 4.63. The molecule has 0 saturated carbocycles. The lowest BCUT2D eigenvalue weighted by Gasteiger charge is -2.11. The normalized spacial score (nSPS) is 10.2. The van der Waals surface area contributed by atoms with Crippen LogP contribution in [0.15, 0.2) is 29.0 Å². The van der Waals surface area contributed by atoms with E-state index in [0.717, 1.165) is 13.7 Å². The van der Waals surface area contributed by atoms with Gasteiger partial charge in [0.15, 0.2) is 0 Å². The molecule has 94 valence electrons. The van der Waals surface area contributed by atoms with E-state index in [4.69, 9.17) is 11.6 Å². The van der Waals surface area contributed by atoms with E-state index >= 15 is 0 Å². The van der Waals surface area contributed by atoms with Crippen molar-refractivity contribution in [2.75, 3.05) is 17.7 Å². The third-order valence-corrected chi connectivity index (χ3v) is 3.95. The van der Waals surface area contributed by atoms with Gasteiger partial charge >= 0.3 is 0 Å². The Morgan fingerprint density at radius 2 is 2.00 bits per heavy atom. The SMILES string of the molecule is CNc1ncnc(Nc2ccc(I)cc2Cl)c1Br. The summed E-state index contributed by atoms with van der Waals surface area (Å²) < 4.78 is 1.85. The lowest BCUT2D eigenvalue weighted by Crippen LogP contribution is -2.00. The molecule has 2 aromatic rings. The van der Waals surface area contributed by atoms with Gasteiger partial charge in [-0.25, -0.2) is 9.97 Å². The molecule has 0 aliphatic carbocycles. The fraction of sp³-hybridized carbons (Fsp3) is 0.0909. The molecule has 7 heteroatoms. The van der Waals surface area contributed by atoms with Gasteiger partial charge in [-0.3, -0.25) is 0 Å². The van der Waals surface area contributed by atoms with Crippen LogP contribution in [0.5, 0.6) is 0 Å². The third kappa shape index (κ3) is 3.04. The number of anilines is 3. The fourth-order valence-corrected chi connectivity index (χ4v) is 2.75. The van der Waals surface area contributed by atoms with E-state index in [1.54, 1.807) is 7.05 Å². The van der Waals surface area contributed by atoms with Crippen LogP contribution in [0.2, 0.25) is 5.02 Å². The van der Waals surface area contributed by atoms with Crippen molar-refractivity contribution in [2.45, 2.75) is 0 Å². The molecule has 0 fully saturated rings. The van der Waals surface area contributed by atoms with Crippen molar-refractivity contribution in [1.29, 1.82) is 0 Å². The van der Waals surface area contributed by atoms with Gasteiger partial charge in [0.1, 0.15) is 22.4 Å². The predicted molar refractivity (Wildman–Crippen MR) is 86.7 cm³/mol. The first kappa shape index (κ1) is 13.8. The summed E-state index contributed by atoms with van der Waals surface area (Å²) >= 11 is 11.8. The number of nitrogens with zero attached hydrogens (tertiary/aromatic N) is 2. The molecule has 1 aromatic carbocycles. The molecule has 0 unspecified atom stereocenters. The summed E-state index contributed by atoms with van der Waals surface area (Å²) in [7, 11) is 1.80. The van der Waals surface area contributed by atoms with Crippen molar-refractivity contribution < 1.29 is 0 Å². The molecule has 0 amide bonds. The standard InChI is InChI=1S/C11H9BrClIN4/c1-15-10-9(12)11(17-5-16-10)18-8-3-2-6(14)4-7(8)13/h2-5H,1H3,(H2,15,16,17,18). The second-order valence-electron chi connectivity index (χ2n) is 3.38. The van der Waals surface area contributed by atoms with E-state index < -0.39 is 0 Å². The number of nitrogens with one attached hydrogen (secondary N) is 2. The zero-order valence-corrected chi connectivity index (χ0v) is 13.8. The Labute approximate surface area is 132 Å². The molecular formula is C11H9BrClIN4. The number of rotatable bonds is 3. The maximum Gasteiger partial charge on any atom is 0.150 e. The highest BCUT2D eigenvalue weighted by molar-refractivity contribution is 14.1. The minimum Gasteiger partial charge on any atom is -0.372 e. The molecule has 2 N–H and O–H groups in total. The lowest BCUT2D eigenvalue weighted by molar-refractivity contribution is 1.14. The summed E-state index contributed by atoms with van der Waals surface area (Å²) in [6, 6.07) is 5.78. The van der Waals surface area contributed by atoms with E-state index in [1.165, 1.54) is 6.33 Å². The van der Waals surface area contributed by atoms with Crippen LogP contribution in [0, 0.1) is 3.57 Å². The van der Waals surface area contributed by atoms with Crippen LogP contribution in [0.1, 0.15) is 0 Å². The summed E-state index contributed by atoms with van der Waals surface area (Å²) in [6.45, 7) is 0. The number of aromatic nitrogens is 2. The van der Waals surface area contributed by atoms with Crippen molar-refractivity contribution in [3.8, 4) is 0 Å². The topological polar surface area (TPSA) is 49.8 Å². The van der Waals surface area contributed by atoms with Crippen molar-refractivity contribution in [1.82, 2.24) is 9.97 Å². The number of benzene rings is 1. The second-order valence-corrected chi connectivity index (χ2v) is 5.83. The molecule has 1 aromatic heterocycles. The second kappa shape index (κ2) is 6.03. The fourth-order valence-electron chi connectivity index (χ4n) is 1.35. The van der Waals surface area contributed by atoms with Gasteiger partial charge in [-0.2, -0.15) is 0 Å². The van der Waals surface area contributed by atoms with Gasteiger partial charge in [0.05, 0.1) is 10.7 Å². The van der Waals surface area contributed by atoms with Gasteiger partial charge in [-0.15, -0.1) is 0 Å². The van der Waals surface area contributed by atoms with Crippen LogP contribution in [-0.4, -0.2) is 17.0 Å². The van der Waals surface area contributed by atoms with Crippen LogP contribution in [0.25, 0.3) is 0 Å². The Balaban J connectivity index is 2.34. The summed E-state index contributed by atoms with van der Waals surface area (Å²) in [6.07, 6.45) is 1.49. The largest absolute Gasteiger partial charge is 0.372 e. The summed E-state index contributed by atoms with van der Waals surface area (Å²) in [4.78, 5) is 8.27. The highest BCUT2D eigenvalue weighted by Gasteiger charge is 2.09. The van der Waals surface area contributed by atoms with Gasteiger partial charge in [0, 0.05) is 10.6 Å². The molecule has 0 bridgehead atoms. The quantitative estimate of drug-likeness (QED) is 0.701. The number of halogens is 3. The minimum atomic E-state index is 0.651. The molecule has 18 heavy (non-hydrogen) atoms. The van der Waals surface area contributed by atoms with Crippen molar-refractivity contribution in [3.63, 3.8) is 0 Å². The summed E-state index contributed by atoms with van der Waals surface area (Å²) in [5.41, 5.74) is 0.804. The first-order chi connectivity index (χ1) is 8.61. The Bertz CT molecular complexity index is 579. The van der Waals surface area contributed by atoms with Gasteiger partial charge in [0.2, 0.25) is 0 Å². The molecule has 0 radical (unpaired) electrons. The molecule has 1 heterocycles. The Morgan fingerprint density at radius 3 is 2.67 bits per heavy atom. The number of hydrogen-bond acceptors (Lipinski definition) is 4. The minimum absolute atomic E-state index is 0.651. The highest BCUT2D eigenvalue weighted by Crippen LogP contribution is 2.31. The molecule has 0 spiro atoms. The average Bonchev–Trinajstić information content (AvgIpc) is 2.35. The van der Waals surface area contributed by atoms with E-state index in [2.05, 4.69) is 59.1 Å². The van der Waals surface area contributed by atoms with Crippen molar-refractivity contribution in [3.05, 3.63) is 37.6 Å². The lowest BCUT2D eigenvalue weighted by atomic mass is 10.3. The van der Waals surface area contributed by atoms with Crippen molar-refractivity contribution >= 4 is 67.4 Å². The zero-order valence-electron chi connectivity index (χ0n) is 9.34. The molecule has 0 aliphatic rings. The number of hydrogen-bond donors (Lipinski definition) is 2. The summed E-state index contributed by atoms with van der Waals surface area (Å²) in [5, 5.41) is 6.79. The smallest absolute Gasteiger partial charge is 0.150 e. The third-order valence-electron chi connectivity index (χ3n) is 2.21. The van der Waals surface area contributed by atoms with Gasteiger partial charge < -0.3 is 10.6 Å². The van der Waals surface area contributed by atoms with Crippen molar-refractivity contribution in [2.24, 2.45) is 0 Å². The molecular weight excluding hydrogens is 430 g/mol. The van der Waals surface area contributed by atoms with Crippen LogP contribution < -0.4 is 10.6 Å². The van der Waals surface area contributed by atoms with Crippen LogP contribution in [0.3, 0.4) is 0 Å². The van der Waals surface area contributed by atoms with E-state index in [9.17, 15) is 0 Å². The first-order valence-electron chi connectivity index (χ1n) is 5.02. The van der Waals surface area contributed by atoms with E-state index in [0.29, 0.717) is 16.7 Å². The van der Waals surface area contributed by atoms with Gasteiger partial charge in [-0.1, -0.05) is 11.6 Å². The van der Waals surface area contributed by atoms with Crippen LogP contribution in [-0.2, 0) is 0 Å². The Hall–Kier alpha value is -0.600. The summed E-state index contributed by atoms with van der Waals surface area (Å²) in [5.74, 6) is 1.38. The molecule has 0 atom stereocenters. The first-order valence-corrected chi connectivity index (χ1v) is 7.27. The van der Waals surface area contributed by atoms with Gasteiger partial charge in [-0.05, 0) is 56.7 Å². The maximum atomic E-state index is 6.16. The van der Waals surface area contributed by atoms with E-state index in [1.807, 2.05) is 18.2 Å². The molecule has 2 rings (SSSR count). The monoisotopic (exact) mass is 438 g/mol. The highest BCUT2D eigenvalue weighted by atomic mass is 127. The Morgan fingerprint density at radius 1 is 1.28 bits per heavy atom. The average molecular weight is 439 g/mol. The van der Waals surface area contributed by atoms with Crippen LogP contribution in [0.4, 0.5) is 17.3 Å². The van der Waals surface area contributed by atoms with Crippen LogP contribution >= 0.6 is 50.1 Å². The zero-order chi connectivity index (χ0) is 13.1. The maximum absolute atomic E-state index is 6.16. The van der Waals surface area contributed by atoms with E-state index in [-0.39, 0.29) is 0 Å². The molecule has 4 nitrogen and oxygen atoms in total. The molecule has 0 aliphatic heterocycles. The van der Waals surface area contributed by atoms with Gasteiger partial charge in [0.25, 0.3) is 0 Å².